The summed E-state index contributed by atoms with van der Waals surface area (Å²) in [5.74, 6) is -1.47. The van der Waals surface area contributed by atoms with E-state index >= 15 is 0 Å². The van der Waals surface area contributed by atoms with Gasteiger partial charge >= 0.3 is 11.9 Å². The Labute approximate surface area is 141 Å². The van der Waals surface area contributed by atoms with E-state index in [4.69, 9.17) is 4.74 Å². The van der Waals surface area contributed by atoms with E-state index in [0.717, 1.165) is 11.1 Å². The summed E-state index contributed by atoms with van der Waals surface area (Å²) in [6, 6.07) is 17.1. The molecule has 5 heteroatoms. The van der Waals surface area contributed by atoms with Crippen LogP contribution in [0.2, 0.25) is 0 Å². The van der Waals surface area contributed by atoms with Gasteiger partial charge in [-0.05, 0) is 24.5 Å². The number of benzene rings is 2. The zero-order chi connectivity index (χ0) is 17.4. The van der Waals surface area contributed by atoms with Crippen LogP contribution in [0.4, 0.5) is 0 Å². The van der Waals surface area contributed by atoms with Crippen molar-refractivity contribution in [3.8, 4) is 0 Å². The summed E-state index contributed by atoms with van der Waals surface area (Å²) in [6.07, 6.45) is 0.298. The molecule has 126 valence electrons. The van der Waals surface area contributed by atoms with Crippen molar-refractivity contribution in [3.05, 3.63) is 71.8 Å². The van der Waals surface area contributed by atoms with Crippen molar-refractivity contribution in [3.63, 3.8) is 0 Å². The van der Waals surface area contributed by atoms with Crippen LogP contribution in [0.25, 0.3) is 0 Å². The summed E-state index contributed by atoms with van der Waals surface area (Å²) in [7, 11) is 0. The number of esters is 1. The molecule has 0 bridgehead atoms. The first-order chi connectivity index (χ1) is 11.6. The number of carbonyl (C=O) groups excluding carboxylic acids is 1. The molecule has 0 aliphatic carbocycles. The Morgan fingerprint density at radius 3 is 2.08 bits per heavy atom. The van der Waals surface area contributed by atoms with Crippen molar-refractivity contribution >= 4 is 11.9 Å². The quantitative estimate of drug-likeness (QED) is 0.728. The maximum Gasteiger partial charge on any atom is 0.323 e. The summed E-state index contributed by atoms with van der Waals surface area (Å²) in [6.45, 7) is 1.77. The number of carbonyl (C=O) groups is 2. The van der Waals surface area contributed by atoms with Crippen LogP contribution in [0.15, 0.2) is 60.7 Å². The molecule has 0 unspecified atom stereocenters. The highest BCUT2D eigenvalue weighted by Gasteiger charge is 2.24. The smallest absolute Gasteiger partial charge is 0.323 e. The largest absolute Gasteiger partial charge is 0.480 e. The van der Waals surface area contributed by atoms with E-state index in [2.05, 4.69) is 5.32 Å². The predicted octanol–water partition coefficient (Wildman–Crippen LogP) is 2.40. The summed E-state index contributed by atoms with van der Waals surface area (Å²) < 4.78 is 5.23. The lowest BCUT2D eigenvalue weighted by Crippen LogP contribution is -2.47. The minimum absolute atomic E-state index is 0.169. The molecule has 0 heterocycles. The van der Waals surface area contributed by atoms with Crippen LogP contribution in [0, 0.1) is 0 Å². The molecule has 0 saturated heterocycles. The van der Waals surface area contributed by atoms with Gasteiger partial charge in [0.1, 0.15) is 18.7 Å². The first-order valence-electron chi connectivity index (χ1n) is 7.79. The Balaban J connectivity index is 1.88. The highest BCUT2D eigenvalue weighted by Crippen LogP contribution is 2.06. The summed E-state index contributed by atoms with van der Waals surface area (Å²) in [5.41, 5.74) is 1.78. The maximum absolute atomic E-state index is 12.0. The molecule has 2 aromatic carbocycles. The number of rotatable bonds is 8. The molecule has 0 spiro atoms. The van der Waals surface area contributed by atoms with E-state index in [9.17, 15) is 14.7 Å². The van der Waals surface area contributed by atoms with Crippen molar-refractivity contribution in [1.29, 1.82) is 0 Å². The molecular formula is C19H21NO4. The van der Waals surface area contributed by atoms with Crippen molar-refractivity contribution in [1.82, 2.24) is 5.32 Å². The first kappa shape index (κ1) is 17.7. The van der Waals surface area contributed by atoms with Crippen molar-refractivity contribution < 1.29 is 19.4 Å². The second-order valence-electron chi connectivity index (χ2n) is 5.56. The first-order valence-corrected chi connectivity index (χ1v) is 7.79. The van der Waals surface area contributed by atoms with Gasteiger partial charge in [-0.1, -0.05) is 60.7 Å². The molecule has 2 rings (SSSR count). The number of carboxylic acids is 1. The lowest BCUT2D eigenvalue weighted by Gasteiger charge is -2.19. The van der Waals surface area contributed by atoms with Crippen LogP contribution in [-0.2, 0) is 27.4 Å². The van der Waals surface area contributed by atoms with Gasteiger partial charge in [0.15, 0.2) is 0 Å². The molecule has 2 atom stereocenters. The van der Waals surface area contributed by atoms with Gasteiger partial charge in [0.05, 0.1) is 0 Å². The molecule has 0 saturated carbocycles. The Kier molecular flexibility index (Phi) is 6.51. The average molecular weight is 327 g/mol. The molecular weight excluding hydrogens is 306 g/mol. The van der Waals surface area contributed by atoms with Gasteiger partial charge in [-0.25, -0.2) is 0 Å². The van der Waals surface area contributed by atoms with Crippen molar-refractivity contribution in [2.75, 3.05) is 0 Å². The molecule has 2 N–H and O–H groups in total. The molecule has 24 heavy (non-hydrogen) atoms. The zero-order valence-corrected chi connectivity index (χ0v) is 13.5. The normalized spacial score (nSPS) is 13.0. The van der Waals surface area contributed by atoms with Gasteiger partial charge in [-0.3, -0.25) is 14.9 Å². The molecule has 0 aliphatic heterocycles. The van der Waals surface area contributed by atoms with E-state index in [0.29, 0.717) is 6.42 Å². The standard InChI is InChI=1S/C19H21NO4/c1-14(19(23)24-13-16-10-6-3-7-11-16)20-17(18(21)22)12-15-8-4-2-5-9-15/h2-11,14,17,20H,12-13H2,1H3,(H,21,22)/t14-,17+/m1/s1. The van der Waals surface area contributed by atoms with E-state index < -0.39 is 24.0 Å². The zero-order valence-electron chi connectivity index (χ0n) is 13.5. The third-order valence-corrected chi connectivity index (χ3v) is 3.61. The maximum atomic E-state index is 12.0. The SMILES string of the molecule is C[C@@H](N[C@@H](Cc1ccccc1)C(=O)O)C(=O)OCc1ccccc1. The van der Waals surface area contributed by atoms with Crippen molar-refractivity contribution in [2.24, 2.45) is 0 Å². The molecule has 0 fully saturated rings. The van der Waals surface area contributed by atoms with Crippen molar-refractivity contribution in [2.45, 2.75) is 32.0 Å². The Bertz CT molecular complexity index is 658. The predicted molar refractivity (Wildman–Crippen MR) is 90.4 cm³/mol. The van der Waals surface area contributed by atoms with Crippen LogP contribution in [0.1, 0.15) is 18.1 Å². The number of hydrogen-bond donors (Lipinski definition) is 2. The monoisotopic (exact) mass is 327 g/mol. The van der Waals surface area contributed by atoms with Gasteiger partial charge in [0, 0.05) is 0 Å². The number of hydrogen-bond acceptors (Lipinski definition) is 4. The topological polar surface area (TPSA) is 75.6 Å². The van der Waals surface area contributed by atoms with Crippen LogP contribution >= 0.6 is 0 Å². The lowest BCUT2D eigenvalue weighted by molar-refractivity contribution is -0.148. The van der Waals surface area contributed by atoms with E-state index in [1.165, 1.54) is 0 Å². The molecule has 0 aromatic heterocycles. The second-order valence-corrected chi connectivity index (χ2v) is 5.56. The van der Waals surface area contributed by atoms with Crippen LogP contribution in [0.5, 0.6) is 0 Å². The molecule has 5 nitrogen and oxygen atoms in total. The third-order valence-electron chi connectivity index (χ3n) is 3.61. The highest BCUT2D eigenvalue weighted by atomic mass is 16.5. The van der Waals surface area contributed by atoms with Gasteiger partial charge in [0.25, 0.3) is 0 Å². The number of aliphatic carboxylic acids is 1. The third kappa shape index (κ3) is 5.52. The Morgan fingerprint density at radius 2 is 1.54 bits per heavy atom. The van der Waals surface area contributed by atoms with Gasteiger partial charge in [-0.15, -0.1) is 0 Å². The summed E-state index contributed by atoms with van der Waals surface area (Å²) in [5, 5.41) is 12.2. The molecule has 2 aromatic rings. The van der Waals surface area contributed by atoms with Gasteiger partial charge in [0.2, 0.25) is 0 Å². The average Bonchev–Trinajstić information content (AvgIpc) is 2.60. The van der Waals surface area contributed by atoms with Crippen LogP contribution in [0.3, 0.4) is 0 Å². The molecule has 0 amide bonds. The molecule has 0 aliphatic rings. The van der Waals surface area contributed by atoms with Gasteiger partial charge in [-0.2, -0.15) is 0 Å². The second kappa shape index (κ2) is 8.84. The number of carboxylic acid groups (broad SMARTS) is 1. The van der Waals surface area contributed by atoms with E-state index in [-0.39, 0.29) is 6.61 Å². The van der Waals surface area contributed by atoms with Gasteiger partial charge < -0.3 is 9.84 Å². The fraction of sp³-hybridized carbons (Fsp3) is 0.263. The lowest BCUT2D eigenvalue weighted by atomic mass is 10.1. The highest BCUT2D eigenvalue weighted by molar-refractivity contribution is 5.78. The summed E-state index contributed by atoms with van der Waals surface area (Å²) >= 11 is 0. The minimum Gasteiger partial charge on any atom is -0.480 e. The van der Waals surface area contributed by atoms with E-state index in [1.807, 2.05) is 60.7 Å². The number of ether oxygens (including phenoxy) is 1. The Hall–Kier alpha value is -2.66. The summed E-state index contributed by atoms with van der Waals surface area (Å²) in [4.78, 5) is 23.5. The van der Waals surface area contributed by atoms with Crippen LogP contribution in [-0.4, -0.2) is 29.1 Å². The fourth-order valence-corrected chi connectivity index (χ4v) is 2.29. The van der Waals surface area contributed by atoms with Crippen LogP contribution < -0.4 is 5.32 Å². The fourth-order valence-electron chi connectivity index (χ4n) is 2.29. The molecule has 0 radical (unpaired) electrons. The number of nitrogens with one attached hydrogen (secondary N) is 1. The minimum atomic E-state index is -0.999. The van der Waals surface area contributed by atoms with E-state index in [1.54, 1.807) is 6.92 Å². The Morgan fingerprint density at radius 1 is 1.00 bits per heavy atom.